The molecule has 2 aliphatic rings. The zero-order valence-electron chi connectivity index (χ0n) is 12.7. The summed E-state index contributed by atoms with van der Waals surface area (Å²) in [5.41, 5.74) is 1.06. The quantitative estimate of drug-likeness (QED) is 0.775. The van der Waals surface area contributed by atoms with Gasteiger partial charge in [0.15, 0.2) is 0 Å². The third-order valence-corrected chi connectivity index (χ3v) is 6.61. The second-order valence-corrected chi connectivity index (χ2v) is 8.74. The van der Waals surface area contributed by atoms with E-state index in [0.717, 1.165) is 10.4 Å². The zero-order valence-corrected chi connectivity index (χ0v) is 15.0. The summed E-state index contributed by atoms with van der Waals surface area (Å²) in [6, 6.07) is 5.54. The first-order valence-corrected chi connectivity index (χ1v) is 8.67. The molecule has 0 radical (unpaired) electrons. The predicted molar refractivity (Wildman–Crippen MR) is 89.6 cm³/mol. The van der Waals surface area contributed by atoms with Crippen LogP contribution in [0.3, 0.4) is 0 Å². The number of fused-ring (bicyclic) bond motifs is 2. The number of halogens is 2. The van der Waals surface area contributed by atoms with Gasteiger partial charge in [-0.3, -0.25) is 4.79 Å². The van der Waals surface area contributed by atoms with Crippen molar-refractivity contribution in [1.82, 2.24) is 5.32 Å². The van der Waals surface area contributed by atoms with Gasteiger partial charge in [-0.25, -0.2) is 0 Å². The summed E-state index contributed by atoms with van der Waals surface area (Å²) in [6.07, 6.45) is 3.74. The lowest BCUT2D eigenvalue weighted by Crippen LogP contribution is -2.52. The maximum Gasteiger partial charge on any atom is 0.252 e. The van der Waals surface area contributed by atoms with Crippen molar-refractivity contribution >= 4 is 33.4 Å². The van der Waals surface area contributed by atoms with Gasteiger partial charge in [-0.1, -0.05) is 32.4 Å². The molecule has 114 valence electrons. The first kappa shape index (κ1) is 15.4. The number of rotatable bonds is 2. The van der Waals surface area contributed by atoms with Crippen molar-refractivity contribution < 1.29 is 4.79 Å². The van der Waals surface area contributed by atoms with E-state index < -0.39 is 0 Å². The van der Waals surface area contributed by atoms with Crippen molar-refractivity contribution in [3.63, 3.8) is 0 Å². The molecule has 3 unspecified atom stereocenters. The van der Waals surface area contributed by atoms with Crippen molar-refractivity contribution in [2.24, 2.45) is 16.7 Å². The number of carbonyl (C=O) groups is 1. The number of amides is 1. The Balaban J connectivity index is 1.85. The van der Waals surface area contributed by atoms with Gasteiger partial charge >= 0.3 is 0 Å². The highest BCUT2D eigenvalue weighted by Crippen LogP contribution is 2.62. The molecule has 1 amide bonds. The lowest BCUT2D eigenvalue weighted by atomic mass is 9.68. The van der Waals surface area contributed by atoms with Crippen LogP contribution in [0.25, 0.3) is 0 Å². The summed E-state index contributed by atoms with van der Waals surface area (Å²) in [6.45, 7) is 6.91. The van der Waals surface area contributed by atoms with E-state index in [1.165, 1.54) is 19.3 Å². The molecule has 2 aliphatic carbocycles. The Morgan fingerprint density at radius 1 is 1.38 bits per heavy atom. The molecule has 0 aromatic heterocycles. The van der Waals surface area contributed by atoms with Crippen LogP contribution in [0.5, 0.6) is 0 Å². The van der Waals surface area contributed by atoms with Gasteiger partial charge in [0, 0.05) is 15.5 Å². The fraction of sp³-hybridized carbons (Fsp3) is 0.588. The minimum absolute atomic E-state index is 0.00890. The average molecular weight is 371 g/mol. The summed E-state index contributed by atoms with van der Waals surface area (Å²) < 4.78 is 0.749. The van der Waals surface area contributed by atoms with E-state index in [0.29, 0.717) is 10.6 Å². The minimum Gasteiger partial charge on any atom is -0.348 e. The van der Waals surface area contributed by atoms with Crippen molar-refractivity contribution in [3.8, 4) is 0 Å². The van der Waals surface area contributed by atoms with Gasteiger partial charge in [0.25, 0.3) is 5.91 Å². The largest absolute Gasteiger partial charge is 0.348 e. The lowest BCUT2D eigenvalue weighted by Gasteiger charge is -2.43. The van der Waals surface area contributed by atoms with Crippen LogP contribution in [0.15, 0.2) is 22.7 Å². The van der Waals surface area contributed by atoms with Crippen LogP contribution in [-0.2, 0) is 0 Å². The first-order valence-electron chi connectivity index (χ1n) is 7.50. The van der Waals surface area contributed by atoms with Gasteiger partial charge < -0.3 is 5.32 Å². The Hall–Kier alpha value is -0.540. The van der Waals surface area contributed by atoms with Gasteiger partial charge in [-0.2, -0.15) is 0 Å². The molecule has 1 N–H and O–H groups in total. The average Bonchev–Trinajstić information content (AvgIpc) is 2.85. The smallest absolute Gasteiger partial charge is 0.252 e. The molecule has 3 rings (SSSR count). The normalized spacial score (nSPS) is 33.2. The summed E-state index contributed by atoms with van der Waals surface area (Å²) in [5.74, 6) is 0.715. The number of nitrogens with one attached hydrogen (secondary N) is 1. The summed E-state index contributed by atoms with van der Waals surface area (Å²) >= 11 is 9.38. The second kappa shape index (κ2) is 4.99. The van der Waals surface area contributed by atoms with Crippen LogP contribution < -0.4 is 5.32 Å². The maximum atomic E-state index is 12.7. The molecular formula is C17H21BrClNO. The van der Waals surface area contributed by atoms with Gasteiger partial charge in [0.05, 0.1) is 5.56 Å². The number of hydrogen-bond donors (Lipinski definition) is 1. The third kappa shape index (κ3) is 2.43. The van der Waals surface area contributed by atoms with E-state index in [-0.39, 0.29) is 22.8 Å². The van der Waals surface area contributed by atoms with E-state index in [2.05, 4.69) is 42.0 Å². The Morgan fingerprint density at radius 2 is 2.10 bits per heavy atom. The highest BCUT2D eigenvalue weighted by Gasteiger charge is 2.59. The van der Waals surface area contributed by atoms with E-state index in [1.54, 1.807) is 18.2 Å². The molecule has 2 nitrogen and oxygen atoms in total. The van der Waals surface area contributed by atoms with Gasteiger partial charge in [0.1, 0.15) is 0 Å². The third-order valence-electron chi connectivity index (χ3n) is 5.72. The second-order valence-electron chi connectivity index (χ2n) is 7.45. The molecule has 0 heterocycles. The molecule has 1 aromatic carbocycles. The first-order chi connectivity index (χ1) is 9.74. The molecule has 21 heavy (non-hydrogen) atoms. The van der Waals surface area contributed by atoms with Crippen molar-refractivity contribution in [2.75, 3.05) is 0 Å². The van der Waals surface area contributed by atoms with Crippen LogP contribution in [-0.4, -0.2) is 11.9 Å². The fourth-order valence-corrected chi connectivity index (χ4v) is 5.41. The van der Waals surface area contributed by atoms with E-state index in [1.807, 2.05) is 0 Å². The molecular weight excluding hydrogens is 350 g/mol. The maximum absolute atomic E-state index is 12.7. The number of benzene rings is 1. The molecule has 1 aromatic rings. The van der Waals surface area contributed by atoms with Crippen LogP contribution in [0.1, 0.15) is 50.4 Å². The highest BCUT2D eigenvalue weighted by atomic mass is 79.9. The van der Waals surface area contributed by atoms with Gasteiger partial charge in [0.2, 0.25) is 0 Å². The van der Waals surface area contributed by atoms with Gasteiger partial charge in [-0.15, -0.1) is 0 Å². The Morgan fingerprint density at radius 3 is 2.67 bits per heavy atom. The summed E-state index contributed by atoms with van der Waals surface area (Å²) in [7, 11) is 0. The molecule has 0 spiro atoms. The molecule has 3 atom stereocenters. The highest BCUT2D eigenvalue weighted by molar-refractivity contribution is 9.10. The SMILES string of the molecule is CC12CCC(C1)C(C)(C)C2NC(=O)c1ccc(Cl)cc1Br. The van der Waals surface area contributed by atoms with Crippen molar-refractivity contribution in [1.29, 1.82) is 0 Å². The molecule has 4 heteroatoms. The Labute approximate surface area is 139 Å². The zero-order chi connectivity index (χ0) is 15.4. The fourth-order valence-electron chi connectivity index (χ4n) is 4.54. The van der Waals surface area contributed by atoms with Crippen LogP contribution >= 0.6 is 27.5 Å². The minimum atomic E-state index is -0.00890. The lowest BCUT2D eigenvalue weighted by molar-refractivity contribution is 0.0737. The Bertz CT molecular complexity index is 596. The molecule has 2 saturated carbocycles. The standard InChI is InChI=1S/C17H21BrClNO/c1-16(2)10-6-7-17(3,9-10)15(16)20-14(21)12-5-4-11(19)8-13(12)18/h4-5,8,10,15H,6-7,9H2,1-3H3,(H,20,21). The van der Waals surface area contributed by atoms with Gasteiger partial charge in [-0.05, 0) is 70.1 Å². The molecule has 2 fully saturated rings. The Kier molecular flexibility index (Phi) is 3.65. The van der Waals surface area contributed by atoms with Crippen LogP contribution in [0, 0.1) is 16.7 Å². The van der Waals surface area contributed by atoms with Crippen molar-refractivity contribution in [2.45, 2.75) is 46.1 Å². The van der Waals surface area contributed by atoms with E-state index in [4.69, 9.17) is 11.6 Å². The van der Waals surface area contributed by atoms with Crippen molar-refractivity contribution in [3.05, 3.63) is 33.3 Å². The number of carbonyl (C=O) groups excluding carboxylic acids is 1. The molecule has 0 saturated heterocycles. The topological polar surface area (TPSA) is 29.1 Å². The van der Waals surface area contributed by atoms with Crippen LogP contribution in [0.4, 0.5) is 0 Å². The molecule has 2 bridgehead atoms. The number of hydrogen-bond acceptors (Lipinski definition) is 1. The molecule has 0 aliphatic heterocycles. The van der Waals surface area contributed by atoms with Crippen LogP contribution in [0.2, 0.25) is 5.02 Å². The van der Waals surface area contributed by atoms with E-state index in [9.17, 15) is 4.79 Å². The monoisotopic (exact) mass is 369 g/mol. The predicted octanol–water partition coefficient (Wildman–Crippen LogP) is 5.05. The van der Waals surface area contributed by atoms with E-state index >= 15 is 0 Å². The summed E-state index contributed by atoms with van der Waals surface area (Å²) in [5, 5.41) is 3.94. The summed E-state index contributed by atoms with van der Waals surface area (Å²) in [4.78, 5) is 12.7.